The highest BCUT2D eigenvalue weighted by Crippen LogP contribution is 2.28. The van der Waals surface area contributed by atoms with E-state index in [2.05, 4.69) is 15.7 Å². The smallest absolute Gasteiger partial charge is 0.161 e. The van der Waals surface area contributed by atoms with Gasteiger partial charge in [-0.05, 0) is 18.9 Å². The van der Waals surface area contributed by atoms with Crippen LogP contribution in [0, 0.1) is 0 Å². The fourth-order valence-corrected chi connectivity index (χ4v) is 1.73. The lowest BCUT2D eigenvalue weighted by Gasteiger charge is -2.12. The number of nitrogens with one attached hydrogen (secondary N) is 2. The molecule has 0 aliphatic rings. The minimum Gasteiger partial charge on any atom is -0.393 e. The van der Waals surface area contributed by atoms with E-state index in [1.54, 1.807) is 6.07 Å². The molecule has 17 heavy (non-hydrogen) atoms. The SMILES string of the molecule is CCC(O)CCNc1nc(NN)c(Cl)cc1Cl. The van der Waals surface area contributed by atoms with Crippen molar-refractivity contribution in [2.24, 2.45) is 5.84 Å². The molecular formula is C10H16Cl2N4O. The first-order valence-electron chi connectivity index (χ1n) is 5.33. The number of nitrogens with two attached hydrogens (primary N) is 1. The summed E-state index contributed by atoms with van der Waals surface area (Å²) in [4.78, 5) is 4.12. The maximum Gasteiger partial charge on any atom is 0.161 e. The van der Waals surface area contributed by atoms with Crippen LogP contribution in [0.4, 0.5) is 11.6 Å². The van der Waals surface area contributed by atoms with Crippen LogP contribution in [0.1, 0.15) is 19.8 Å². The predicted molar refractivity (Wildman–Crippen MR) is 71.5 cm³/mol. The molecule has 0 spiro atoms. The molecule has 0 amide bonds. The molecule has 1 unspecified atom stereocenters. The highest BCUT2D eigenvalue weighted by molar-refractivity contribution is 6.37. The van der Waals surface area contributed by atoms with Crippen LogP contribution in [0.15, 0.2) is 6.07 Å². The van der Waals surface area contributed by atoms with E-state index in [1.807, 2.05) is 6.92 Å². The molecule has 1 atom stereocenters. The highest BCUT2D eigenvalue weighted by Gasteiger charge is 2.08. The van der Waals surface area contributed by atoms with Gasteiger partial charge in [-0.25, -0.2) is 10.8 Å². The Labute approximate surface area is 110 Å². The van der Waals surface area contributed by atoms with Gasteiger partial charge >= 0.3 is 0 Å². The van der Waals surface area contributed by atoms with Crippen molar-refractivity contribution in [3.05, 3.63) is 16.1 Å². The lowest BCUT2D eigenvalue weighted by Crippen LogP contribution is -2.14. The van der Waals surface area contributed by atoms with Crippen molar-refractivity contribution >= 4 is 34.8 Å². The second-order valence-electron chi connectivity index (χ2n) is 3.57. The van der Waals surface area contributed by atoms with Gasteiger partial charge in [0.05, 0.1) is 16.1 Å². The molecular weight excluding hydrogens is 263 g/mol. The van der Waals surface area contributed by atoms with E-state index < -0.39 is 0 Å². The van der Waals surface area contributed by atoms with Gasteiger partial charge in [0.1, 0.15) is 5.82 Å². The Hall–Kier alpha value is -0.750. The third-order valence-electron chi connectivity index (χ3n) is 2.31. The summed E-state index contributed by atoms with van der Waals surface area (Å²) < 4.78 is 0. The van der Waals surface area contributed by atoms with Gasteiger partial charge in [-0.15, -0.1) is 0 Å². The monoisotopic (exact) mass is 278 g/mol. The third-order valence-corrected chi connectivity index (χ3v) is 2.88. The van der Waals surface area contributed by atoms with E-state index >= 15 is 0 Å². The van der Waals surface area contributed by atoms with Crippen LogP contribution < -0.4 is 16.6 Å². The van der Waals surface area contributed by atoms with Crippen LogP contribution in [0.3, 0.4) is 0 Å². The van der Waals surface area contributed by atoms with Crippen LogP contribution in [0.2, 0.25) is 10.0 Å². The van der Waals surface area contributed by atoms with E-state index in [4.69, 9.17) is 29.0 Å². The van der Waals surface area contributed by atoms with E-state index in [1.165, 1.54) is 0 Å². The molecule has 0 bridgehead atoms. The number of anilines is 2. The van der Waals surface area contributed by atoms with Crippen molar-refractivity contribution < 1.29 is 5.11 Å². The number of halogens is 2. The van der Waals surface area contributed by atoms with E-state index in [0.29, 0.717) is 34.6 Å². The average molecular weight is 279 g/mol. The number of aromatic nitrogens is 1. The molecule has 1 aromatic heterocycles. The molecule has 0 aliphatic carbocycles. The fourth-order valence-electron chi connectivity index (χ4n) is 1.25. The predicted octanol–water partition coefficient (Wildman–Crippen LogP) is 2.25. The lowest BCUT2D eigenvalue weighted by atomic mass is 10.2. The Bertz CT molecular complexity index is 376. The van der Waals surface area contributed by atoms with Gasteiger partial charge in [-0.3, -0.25) is 0 Å². The molecule has 0 aromatic carbocycles. The number of rotatable bonds is 6. The normalized spacial score (nSPS) is 12.3. The Kier molecular flexibility index (Phi) is 5.77. The third kappa shape index (κ3) is 4.20. The van der Waals surface area contributed by atoms with Gasteiger partial charge < -0.3 is 15.8 Å². The molecule has 0 radical (unpaired) electrons. The van der Waals surface area contributed by atoms with Crippen molar-refractivity contribution in [3.8, 4) is 0 Å². The zero-order valence-electron chi connectivity index (χ0n) is 9.50. The van der Waals surface area contributed by atoms with Gasteiger partial charge in [0.2, 0.25) is 0 Å². The number of nitrogens with zero attached hydrogens (tertiary/aromatic N) is 1. The maximum absolute atomic E-state index is 9.40. The summed E-state index contributed by atoms with van der Waals surface area (Å²) in [6, 6.07) is 1.56. The van der Waals surface area contributed by atoms with E-state index in [-0.39, 0.29) is 6.10 Å². The second kappa shape index (κ2) is 6.86. The minimum atomic E-state index is -0.319. The molecule has 5 nitrogen and oxygen atoms in total. The summed E-state index contributed by atoms with van der Waals surface area (Å²) in [6.07, 6.45) is 1.03. The van der Waals surface area contributed by atoms with Crippen LogP contribution in [0.25, 0.3) is 0 Å². The van der Waals surface area contributed by atoms with Gasteiger partial charge in [0.25, 0.3) is 0 Å². The molecule has 96 valence electrons. The summed E-state index contributed by atoms with van der Waals surface area (Å²) in [5.74, 6) is 6.11. The molecule has 0 fully saturated rings. The Morgan fingerprint density at radius 3 is 2.65 bits per heavy atom. The van der Waals surface area contributed by atoms with Crippen LogP contribution in [-0.4, -0.2) is 22.7 Å². The molecule has 5 N–H and O–H groups in total. The van der Waals surface area contributed by atoms with Gasteiger partial charge in [0, 0.05) is 6.54 Å². The number of hydrazine groups is 1. The van der Waals surface area contributed by atoms with Crippen LogP contribution >= 0.6 is 23.2 Å². The fraction of sp³-hybridized carbons (Fsp3) is 0.500. The molecule has 1 rings (SSSR count). The van der Waals surface area contributed by atoms with Crippen molar-refractivity contribution in [2.75, 3.05) is 17.3 Å². The Morgan fingerprint density at radius 1 is 1.41 bits per heavy atom. The molecule has 1 heterocycles. The highest BCUT2D eigenvalue weighted by atomic mass is 35.5. The molecule has 7 heteroatoms. The zero-order chi connectivity index (χ0) is 12.8. The first-order valence-corrected chi connectivity index (χ1v) is 6.08. The van der Waals surface area contributed by atoms with Crippen molar-refractivity contribution in [1.82, 2.24) is 4.98 Å². The van der Waals surface area contributed by atoms with Gasteiger partial charge in [-0.2, -0.15) is 0 Å². The number of aliphatic hydroxyl groups is 1. The number of hydrogen-bond donors (Lipinski definition) is 4. The number of pyridine rings is 1. The van der Waals surface area contributed by atoms with Gasteiger partial charge in [-0.1, -0.05) is 30.1 Å². The number of nitrogen functional groups attached to an aromatic ring is 1. The van der Waals surface area contributed by atoms with E-state index in [0.717, 1.165) is 6.42 Å². The Morgan fingerprint density at radius 2 is 2.06 bits per heavy atom. The quantitative estimate of drug-likeness (QED) is 0.474. The number of aliphatic hydroxyl groups excluding tert-OH is 1. The van der Waals surface area contributed by atoms with Crippen molar-refractivity contribution in [3.63, 3.8) is 0 Å². The summed E-state index contributed by atoms with van der Waals surface area (Å²) in [5.41, 5.74) is 2.38. The van der Waals surface area contributed by atoms with Crippen molar-refractivity contribution in [2.45, 2.75) is 25.9 Å². The molecule has 0 saturated carbocycles. The van der Waals surface area contributed by atoms with Gasteiger partial charge in [0.15, 0.2) is 5.82 Å². The summed E-state index contributed by atoms with van der Waals surface area (Å²) >= 11 is 11.8. The van der Waals surface area contributed by atoms with E-state index in [9.17, 15) is 5.11 Å². The largest absolute Gasteiger partial charge is 0.393 e. The topological polar surface area (TPSA) is 83.2 Å². The number of hydrogen-bond acceptors (Lipinski definition) is 5. The lowest BCUT2D eigenvalue weighted by molar-refractivity contribution is 0.164. The molecule has 1 aromatic rings. The van der Waals surface area contributed by atoms with Crippen LogP contribution in [-0.2, 0) is 0 Å². The maximum atomic E-state index is 9.40. The summed E-state index contributed by atoms with van der Waals surface area (Å²) in [7, 11) is 0. The molecule has 0 aliphatic heterocycles. The van der Waals surface area contributed by atoms with Crippen molar-refractivity contribution in [1.29, 1.82) is 0 Å². The summed E-state index contributed by atoms with van der Waals surface area (Å²) in [6.45, 7) is 2.50. The second-order valence-corrected chi connectivity index (χ2v) is 4.39. The first-order chi connectivity index (χ1) is 8.08. The zero-order valence-corrected chi connectivity index (χ0v) is 11.0. The van der Waals surface area contributed by atoms with Crippen LogP contribution in [0.5, 0.6) is 0 Å². The average Bonchev–Trinajstić information content (AvgIpc) is 2.31. The standard InChI is InChI=1S/C10H16Cl2N4O/c1-2-6(17)3-4-14-9-7(11)5-8(12)10(15-9)16-13/h5-6,17H,2-4,13H2,1H3,(H2,14,15,16). The Balaban J connectivity index is 2.64. The summed E-state index contributed by atoms with van der Waals surface area (Å²) in [5, 5.41) is 13.2. The first kappa shape index (κ1) is 14.3. The molecule has 0 saturated heterocycles. The minimum absolute atomic E-state index is 0.319.